The van der Waals surface area contributed by atoms with E-state index >= 15 is 0 Å². The number of aliphatic hydroxyl groups is 2. The van der Waals surface area contributed by atoms with Gasteiger partial charge in [0.15, 0.2) is 0 Å². The summed E-state index contributed by atoms with van der Waals surface area (Å²) in [6, 6.07) is 0.0848. The minimum absolute atomic E-state index is 0.0127. The molecule has 0 aliphatic heterocycles. The maximum Gasteiger partial charge on any atom is 0.220 e. The van der Waals surface area contributed by atoms with Gasteiger partial charge in [-0.1, -0.05) is 6.92 Å². The molecule has 14 heavy (non-hydrogen) atoms. The van der Waals surface area contributed by atoms with Gasteiger partial charge < -0.3 is 15.5 Å². The van der Waals surface area contributed by atoms with E-state index in [0.29, 0.717) is 19.3 Å². The van der Waals surface area contributed by atoms with Crippen molar-refractivity contribution in [2.75, 3.05) is 13.2 Å². The Hall–Kier alpha value is -0.610. The van der Waals surface area contributed by atoms with Crippen molar-refractivity contribution in [1.29, 1.82) is 0 Å². The van der Waals surface area contributed by atoms with Gasteiger partial charge in [-0.15, -0.1) is 0 Å². The van der Waals surface area contributed by atoms with Crippen LogP contribution in [0.15, 0.2) is 0 Å². The number of carbonyl (C=O) groups excluding carboxylic acids is 1. The molecule has 1 amide bonds. The first-order chi connectivity index (χ1) is 6.74. The summed E-state index contributed by atoms with van der Waals surface area (Å²) in [5.41, 5.74) is 0. The van der Waals surface area contributed by atoms with E-state index in [-0.39, 0.29) is 25.2 Å². The maximum absolute atomic E-state index is 11.3. The summed E-state index contributed by atoms with van der Waals surface area (Å²) in [7, 11) is 0. The Morgan fingerprint density at radius 1 is 1.29 bits per heavy atom. The van der Waals surface area contributed by atoms with Gasteiger partial charge in [-0.05, 0) is 25.7 Å². The molecule has 0 saturated carbocycles. The van der Waals surface area contributed by atoms with Gasteiger partial charge in [-0.25, -0.2) is 0 Å². The van der Waals surface area contributed by atoms with Crippen LogP contribution in [0.3, 0.4) is 0 Å². The molecule has 0 radical (unpaired) electrons. The Kier molecular flexibility index (Phi) is 8.57. The third-order valence-electron chi connectivity index (χ3n) is 2.15. The first-order valence-corrected chi connectivity index (χ1v) is 5.25. The fraction of sp³-hybridized carbons (Fsp3) is 0.900. The number of carbonyl (C=O) groups is 1. The topological polar surface area (TPSA) is 69.6 Å². The van der Waals surface area contributed by atoms with Crippen LogP contribution in [0, 0.1) is 0 Å². The maximum atomic E-state index is 11.3. The molecule has 0 aliphatic rings. The Morgan fingerprint density at radius 3 is 2.50 bits per heavy atom. The predicted octanol–water partition coefficient (Wildman–Crippen LogP) is 0.426. The summed E-state index contributed by atoms with van der Waals surface area (Å²) in [5.74, 6) is 0.0127. The highest BCUT2D eigenvalue weighted by atomic mass is 16.3. The quantitative estimate of drug-likeness (QED) is 0.501. The van der Waals surface area contributed by atoms with Crippen LogP contribution >= 0.6 is 0 Å². The molecule has 0 aromatic heterocycles. The predicted molar refractivity (Wildman–Crippen MR) is 54.9 cm³/mol. The van der Waals surface area contributed by atoms with Gasteiger partial charge in [0.2, 0.25) is 5.91 Å². The second kappa shape index (κ2) is 8.97. The summed E-state index contributed by atoms with van der Waals surface area (Å²) in [6.07, 6.45) is 3.30. The molecule has 0 fully saturated rings. The van der Waals surface area contributed by atoms with Gasteiger partial charge in [-0.2, -0.15) is 0 Å². The molecular formula is C10H21NO3. The van der Waals surface area contributed by atoms with Crippen LogP contribution in [0.4, 0.5) is 0 Å². The van der Waals surface area contributed by atoms with E-state index < -0.39 is 0 Å². The highest BCUT2D eigenvalue weighted by Gasteiger charge is 2.08. The number of aliphatic hydroxyl groups excluding tert-OH is 2. The van der Waals surface area contributed by atoms with Crippen LogP contribution in [0.5, 0.6) is 0 Å². The van der Waals surface area contributed by atoms with Crippen molar-refractivity contribution in [3.8, 4) is 0 Å². The highest BCUT2D eigenvalue weighted by molar-refractivity contribution is 5.76. The van der Waals surface area contributed by atoms with Crippen molar-refractivity contribution in [1.82, 2.24) is 5.32 Å². The minimum atomic E-state index is 0.0127. The lowest BCUT2D eigenvalue weighted by atomic mass is 10.1. The van der Waals surface area contributed by atoms with Gasteiger partial charge in [0.05, 0.1) is 0 Å². The zero-order valence-corrected chi connectivity index (χ0v) is 8.83. The van der Waals surface area contributed by atoms with Gasteiger partial charge >= 0.3 is 0 Å². The molecule has 0 aliphatic carbocycles. The normalized spacial score (nSPS) is 12.5. The van der Waals surface area contributed by atoms with Crippen molar-refractivity contribution in [3.05, 3.63) is 0 Å². The Labute approximate surface area is 85.3 Å². The van der Waals surface area contributed by atoms with E-state index in [1.807, 2.05) is 6.92 Å². The first kappa shape index (κ1) is 13.4. The average molecular weight is 203 g/mol. The molecule has 1 atom stereocenters. The number of hydrogen-bond donors (Lipinski definition) is 3. The van der Waals surface area contributed by atoms with Crippen LogP contribution in [-0.4, -0.2) is 35.4 Å². The Balaban J connectivity index is 3.56. The SMILES string of the molecule is CCC(CCO)NC(=O)CCCCO. The molecule has 0 heterocycles. The smallest absolute Gasteiger partial charge is 0.220 e. The second-order valence-corrected chi connectivity index (χ2v) is 3.37. The molecule has 3 N–H and O–H groups in total. The molecule has 84 valence electrons. The van der Waals surface area contributed by atoms with Crippen molar-refractivity contribution < 1.29 is 15.0 Å². The van der Waals surface area contributed by atoms with Crippen LogP contribution in [-0.2, 0) is 4.79 Å². The summed E-state index contributed by atoms with van der Waals surface area (Å²) < 4.78 is 0. The summed E-state index contributed by atoms with van der Waals surface area (Å²) in [4.78, 5) is 11.3. The first-order valence-electron chi connectivity index (χ1n) is 5.25. The number of hydrogen-bond acceptors (Lipinski definition) is 3. The monoisotopic (exact) mass is 203 g/mol. The molecule has 0 aromatic rings. The lowest BCUT2D eigenvalue weighted by Gasteiger charge is -2.15. The number of rotatable bonds is 8. The van der Waals surface area contributed by atoms with Gasteiger partial charge in [0, 0.05) is 25.7 Å². The standard InChI is InChI=1S/C10H21NO3/c1-2-9(6-8-13)11-10(14)5-3-4-7-12/h9,12-13H,2-8H2,1H3,(H,11,14). The summed E-state index contributed by atoms with van der Waals surface area (Å²) in [6.45, 7) is 2.23. The zero-order chi connectivity index (χ0) is 10.8. The third kappa shape index (κ3) is 6.86. The van der Waals surface area contributed by atoms with Crippen molar-refractivity contribution in [2.45, 2.75) is 45.1 Å². The van der Waals surface area contributed by atoms with Gasteiger partial charge in [0.25, 0.3) is 0 Å². The highest BCUT2D eigenvalue weighted by Crippen LogP contribution is 1.99. The van der Waals surface area contributed by atoms with E-state index in [2.05, 4.69) is 5.32 Å². The minimum Gasteiger partial charge on any atom is -0.396 e. The van der Waals surface area contributed by atoms with Crippen molar-refractivity contribution in [2.24, 2.45) is 0 Å². The molecule has 4 heteroatoms. The lowest BCUT2D eigenvalue weighted by Crippen LogP contribution is -2.34. The van der Waals surface area contributed by atoms with E-state index in [0.717, 1.165) is 12.8 Å². The van der Waals surface area contributed by atoms with E-state index in [1.54, 1.807) is 0 Å². The lowest BCUT2D eigenvalue weighted by molar-refractivity contribution is -0.122. The fourth-order valence-electron chi connectivity index (χ4n) is 1.23. The number of nitrogens with one attached hydrogen (secondary N) is 1. The molecule has 0 rings (SSSR count). The molecule has 0 bridgehead atoms. The third-order valence-corrected chi connectivity index (χ3v) is 2.15. The zero-order valence-electron chi connectivity index (χ0n) is 8.83. The van der Waals surface area contributed by atoms with Crippen molar-refractivity contribution >= 4 is 5.91 Å². The molecule has 0 spiro atoms. The largest absolute Gasteiger partial charge is 0.396 e. The molecule has 4 nitrogen and oxygen atoms in total. The fourth-order valence-corrected chi connectivity index (χ4v) is 1.23. The van der Waals surface area contributed by atoms with E-state index in [9.17, 15) is 4.79 Å². The van der Waals surface area contributed by atoms with Crippen LogP contribution < -0.4 is 5.32 Å². The van der Waals surface area contributed by atoms with Crippen LogP contribution in [0.1, 0.15) is 39.0 Å². The Bertz CT molecular complexity index is 150. The Morgan fingerprint density at radius 2 is 2.00 bits per heavy atom. The van der Waals surface area contributed by atoms with Gasteiger partial charge in [-0.3, -0.25) is 4.79 Å². The van der Waals surface area contributed by atoms with Gasteiger partial charge in [0.1, 0.15) is 0 Å². The second-order valence-electron chi connectivity index (χ2n) is 3.37. The average Bonchev–Trinajstić information content (AvgIpc) is 2.17. The summed E-state index contributed by atoms with van der Waals surface area (Å²) >= 11 is 0. The van der Waals surface area contributed by atoms with E-state index in [1.165, 1.54) is 0 Å². The molecule has 0 saturated heterocycles. The van der Waals surface area contributed by atoms with Crippen LogP contribution in [0.25, 0.3) is 0 Å². The van der Waals surface area contributed by atoms with Crippen LogP contribution in [0.2, 0.25) is 0 Å². The van der Waals surface area contributed by atoms with Crippen molar-refractivity contribution in [3.63, 3.8) is 0 Å². The molecule has 1 unspecified atom stereocenters. The summed E-state index contributed by atoms with van der Waals surface area (Å²) in [5, 5.41) is 20.1. The molecule has 0 aromatic carbocycles. The number of amides is 1. The van der Waals surface area contributed by atoms with E-state index in [4.69, 9.17) is 10.2 Å². The molecular weight excluding hydrogens is 182 g/mol. The number of unbranched alkanes of at least 4 members (excludes halogenated alkanes) is 1.